The highest BCUT2D eigenvalue weighted by molar-refractivity contribution is 5.08. The molecule has 1 aromatic heterocycles. The third kappa shape index (κ3) is 1.31. The summed E-state index contributed by atoms with van der Waals surface area (Å²) in [6.07, 6.45) is 7.61. The molecule has 18 heavy (non-hydrogen) atoms. The van der Waals surface area contributed by atoms with Crippen molar-refractivity contribution < 1.29 is 0 Å². The van der Waals surface area contributed by atoms with Crippen LogP contribution in [-0.4, -0.2) is 14.8 Å². The molecule has 98 valence electrons. The lowest BCUT2D eigenvalue weighted by molar-refractivity contribution is -0.0460. The summed E-state index contributed by atoms with van der Waals surface area (Å²) < 4.78 is 1.91. The first kappa shape index (κ1) is 10.8. The Morgan fingerprint density at radius 1 is 1.22 bits per heavy atom. The molecule has 4 aliphatic rings. The SMILES string of the molecule is NCc1n[nH]c(=O)n1C12CC3CC(CC(C3)C1)C2. The van der Waals surface area contributed by atoms with E-state index in [2.05, 4.69) is 10.2 Å². The first-order valence-electron chi connectivity index (χ1n) is 7.07. The van der Waals surface area contributed by atoms with E-state index in [9.17, 15) is 4.79 Å². The molecule has 0 atom stereocenters. The Bertz CT molecular complexity index is 494. The standard InChI is InChI=1S/C13H20N4O/c14-7-11-15-16-12(18)17(11)13-4-8-1-9(5-13)3-10(2-8)6-13/h8-10H,1-7,14H2,(H,16,18). The first-order chi connectivity index (χ1) is 8.70. The number of nitrogens with two attached hydrogens (primary N) is 1. The van der Waals surface area contributed by atoms with Crippen molar-refractivity contribution in [3.63, 3.8) is 0 Å². The van der Waals surface area contributed by atoms with Crippen LogP contribution in [0.25, 0.3) is 0 Å². The summed E-state index contributed by atoms with van der Waals surface area (Å²) in [7, 11) is 0. The van der Waals surface area contributed by atoms with Gasteiger partial charge in [0.05, 0.1) is 12.1 Å². The number of aromatic amines is 1. The van der Waals surface area contributed by atoms with Gasteiger partial charge in [-0.15, -0.1) is 0 Å². The van der Waals surface area contributed by atoms with Crippen molar-refractivity contribution in [1.82, 2.24) is 14.8 Å². The Kier molecular flexibility index (Phi) is 2.08. The quantitative estimate of drug-likeness (QED) is 0.818. The predicted molar refractivity (Wildman–Crippen MR) is 66.9 cm³/mol. The lowest BCUT2D eigenvalue weighted by Crippen LogP contribution is -2.54. The van der Waals surface area contributed by atoms with Crippen LogP contribution in [0.5, 0.6) is 0 Å². The summed E-state index contributed by atoms with van der Waals surface area (Å²) in [6.45, 7) is 0.348. The van der Waals surface area contributed by atoms with Crippen LogP contribution >= 0.6 is 0 Å². The molecule has 0 amide bonds. The molecule has 4 fully saturated rings. The van der Waals surface area contributed by atoms with Crippen molar-refractivity contribution in [3.05, 3.63) is 16.3 Å². The molecule has 1 heterocycles. The van der Waals surface area contributed by atoms with Crippen LogP contribution in [0.2, 0.25) is 0 Å². The number of rotatable bonds is 2. The van der Waals surface area contributed by atoms with Gasteiger partial charge >= 0.3 is 5.69 Å². The highest BCUT2D eigenvalue weighted by Crippen LogP contribution is 2.58. The molecule has 0 spiro atoms. The fourth-order valence-electron chi connectivity index (χ4n) is 5.29. The number of aromatic nitrogens is 3. The molecule has 5 rings (SSSR count). The van der Waals surface area contributed by atoms with E-state index in [0.29, 0.717) is 6.54 Å². The van der Waals surface area contributed by atoms with Gasteiger partial charge in [0.15, 0.2) is 0 Å². The minimum absolute atomic E-state index is 0.0353. The molecule has 4 bridgehead atoms. The number of hydrogen-bond donors (Lipinski definition) is 2. The van der Waals surface area contributed by atoms with Gasteiger partial charge in [-0.2, -0.15) is 5.10 Å². The molecule has 4 saturated carbocycles. The van der Waals surface area contributed by atoms with Gasteiger partial charge in [0.2, 0.25) is 0 Å². The molecule has 5 nitrogen and oxygen atoms in total. The maximum absolute atomic E-state index is 12.1. The third-order valence-corrected chi connectivity index (χ3v) is 5.40. The summed E-state index contributed by atoms with van der Waals surface area (Å²) in [5.74, 6) is 3.21. The average Bonchev–Trinajstić information content (AvgIpc) is 2.69. The van der Waals surface area contributed by atoms with Crippen molar-refractivity contribution in [1.29, 1.82) is 0 Å². The van der Waals surface area contributed by atoms with Crippen LogP contribution < -0.4 is 11.4 Å². The molecule has 5 heteroatoms. The van der Waals surface area contributed by atoms with Gasteiger partial charge in [-0.1, -0.05) is 0 Å². The smallest absolute Gasteiger partial charge is 0.324 e. The second kappa shape index (κ2) is 3.47. The number of nitrogens with zero attached hydrogens (tertiary/aromatic N) is 2. The van der Waals surface area contributed by atoms with Crippen molar-refractivity contribution in [2.24, 2.45) is 23.5 Å². The Morgan fingerprint density at radius 2 is 1.78 bits per heavy atom. The third-order valence-electron chi connectivity index (χ3n) is 5.40. The highest BCUT2D eigenvalue weighted by atomic mass is 16.1. The predicted octanol–water partition coefficient (Wildman–Crippen LogP) is 0.955. The second-order valence-electron chi connectivity index (χ2n) is 6.63. The van der Waals surface area contributed by atoms with Crippen LogP contribution in [0.1, 0.15) is 44.3 Å². The first-order valence-corrected chi connectivity index (χ1v) is 7.07. The molecule has 0 aliphatic heterocycles. The van der Waals surface area contributed by atoms with E-state index in [1.807, 2.05) is 4.57 Å². The Hall–Kier alpha value is -1.10. The molecule has 1 aromatic rings. The Balaban J connectivity index is 1.83. The number of nitrogens with one attached hydrogen (secondary N) is 1. The molecule has 0 aromatic carbocycles. The normalized spacial score (nSPS) is 41.5. The number of H-pyrrole nitrogens is 1. The van der Waals surface area contributed by atoms with Gasteiger partial charge in [-0.25, -0.2) is 9.89 Å². The van der Waals surface area contributed by atoms with E-state index < -0.39 is 0 Å². The fraction of sp³-hybridized carbons (Fsp3) is 0.846. The van der Waals surface area contributed by atoms with Crippen molar-refractivity contribution in [3.8, 4) is 0 Å². The zero-order valence-electron chi connectivity index (χ0n) is 10.6. The fourth-order valence-corrected chi connectivity index (χ4v) is 5.29. The summed E-state index contributed by atoms with van der Waals surface area (Å²) >= 11 is 0. The molecular formula is C13H20N4O. The van der Waals surface area contributed by atoms with E-state index in [1.54, 1.807) is 0 Å². The van der Waals surface area contributed by atoms with Crippen LogP contribution in [0.4, 0.5) is 0 Å². The van der Waals surface area contributed by atoms with E-state index in [4.69, 9.17) is 5.73 Å². The van der Waals surface area contributed by atoms with E-state index in [1.165, 1.54) is 19.3 Å². The van der Waals surface area contributed by atoms with E-state index in [0.717, 1.165) is 42.8 Å². The van der Waals surface area contributed by atoms with Crippen LogP contribution in [0.3, 0.4) is 0 Å². The topological polar surface area (TPSA) is 76.7 Å². The minimum Gasteiger partial charge on any atom is -0.324 e. The summed E-state index contributed by atoms with van der Waals surface area (Å²) in [6, 6.07) is 0. The van der Waals surface area contributed by atoms with Gasteiger partial charge in [-0.05, 0) is 56.3 Å². The monoisotopic (exact) mass is 248 g/mol. The zero-order valence-corrected chi connectivity index (χ0v) is 10.6. The average molecular weight is 248 g/mol. The van der Waals surface area contributed by atoms with Gasteiger partial charge < -0.3 is 5.73 Å². The summed E-state index contributed by atoms with van der Waals surface area (Å²) in [5, 5.41) is 6.68. The van der Waals surface area contributed by atoms with Gasteiger partial charge in [0.1, 0.15) is 5.82 Å². The summed E-state index contributed by atoms with van der Waals surface area (Å²) in [4.78, 5) is 12.1. The van der Waals surface area contributed by atoms with Crippen LogP contribution in [0, 0.1) is 17.8 Å². The Morgan fingerprint density at radius 3 is 2.28 bits per heavy atom. The molecular weight excluding hydrogens is 228 g/mol. The Labute approximate surface area is 106 Å². The van der Waals surface area contributed by atoms with E-state index >= 15 is 0 Å². The molecule has 0 unspecified atom stereocenters. The largest absolute Gasteiger partial charge is 0.343 e. The van der Waals surface area contributed by atoms with Crippen molar-refractivity contribution in [2.75, 3.05) is 0 Å². The maximum Gasteiger partial charge on any atom is 0.343 e. The molecule has 3 N–H and O–H groups in total. The van der Waals surface area contributed by atoms with Crippen molar-refractivity contribution in [2.45, 2.75) is 50.6 Å². The lowest BCUT2D eigenvalue weighted by Gasteiger charge is -2.57. The van der Waals surface area contributed by atoms with Crippen LogP contribution in [0.15, 0.2) is 4.79 Å². The van der Waals surface area contributed by atoms with Crippen LogP contribution in [-0.2, 0) is 12.1 Å². The number of hydrogen-bond acceptors (Lipinski definition) is 3. The second-order valence-corrected chi connectivity index (χ2v) is 6.63. The maximum atomic E-state index is 12.1. The van der Waals surface area contributed by atoms with Gasteiger partial charge in [0.25, 0.3) is 0 Å². The molecule has 0 radical (unpaired) electrons. The molecule has 0 saturated heterocycles. The highest BCUT2D eigenvalue weighted by Gasteiger charge is 2.53. The van der Waals surface area contributed by atoms with Gasteiger partial charge in [-0.3, -0.25) is 4.57 Å². The van der Waals surface area contributed by atoms with Gasteiger partial charge in [0, 0.05) is 0 Å². The summed E-state index contributed by atoms with van der Waals surface area (Å²) in [5.41, 5.74) is 5.72. The minimum atomic E-state index is -0.0580. The molecule has 4 aliphatic carbocycles. The lowest BCUT2D eigenvalue weighted by atomic mass is 9.53. The zero-order chi connectivity index (χ0) is 12.3. The van der Waals surface area contributed by atoms with Crippen molar-refractivity contribution >= 4 is 0 Å². The van der Waals surface area contributed by atoms with E-state index in [-0.39, 0.29) is 11.2 Å².